The molecule has 0 radical (unpaired) electrons. The standard InChI is InChI=1S/C23H21N3O3S/c1-15(27)24-17-10-11-20-21(14-17)30-23(26(20)12-13-29-2)25-22(28)19-9-5-7-16-6-3-4-8-18(16)19/h3-11,14H,12-13H2,1-2H3,(H,24,27). The summed E-state index contributed by atoms with van der Waals surface area (Å²) in [5.74, 6) is -0.416. The summed E-state index contributed by atoms with van der Waals surface area (Å²) in [6.07, 6.45) is 0. The average molecular weight is 420 g/mol. The minimum atomic E-state index is -0.286. The predicted octanol–water partition coefficient (Wildman–Crippen LogP) is 4.20. The number of hydrogen-bond acceptors (Lipinski definition) is 4. The van der Waals surface area contributed by atoms with Crippen LogP contribution in [0.1, 0.15) is 17.3 Å². The molecule has 0 saturated carbocycles. The fourth-order valence-electron chi connectivity index (χ4n) is 3.40. The molecular formula is C23H21N3O3S. The zero-order valence-corrected chi connectivity index (χ0v) is 17.5. The van der Waals surface area contributed by atoms with E-state index in [1.807, 2.05) is 59.2 Å². The van der Waals surface area contributed by atoms with Gasteiger partial charge in [0.15, 0.2) is 4.80 Å². The van der Waals surface area contributed by atoms with Gasteiger partial charge < -0.3 is 14.6 Å². The Labute approximate surface area is 177 Å². The molecule has 0 saturated heterocycles. The summed E-state index contributed by atoms with van der Waals surface area (Å²) in [6, 6.07) is 19.1. The molecule has 152 valence electrons. The second-order valence-corrected chi connectivity index (χ2v) is 7.85. The number of benzene rings is 3. The minimum absolute atomic E-state index is 0.130. The van der Waals surface area contributed by atoms with E-state index in [4.69, 9.17) is 4.74 Å². The molecule has 30 heavy (non-hydrogen) atoms. The molecule has 0 atom stereocenters. The number of anilines is 1. The molecule has 1 N–H and O–H groups in total. The molecule has 0 bridgehead atoms. The van der Waals surface area contributed by atoms with Gasteiger partial charge in [0.25, 0.3) is 5.91 Å². The number of ether oxygens (including phenoxy) is 1. The van der Waals surface area contributed by atoms with Gasteiger partial charge in [0, 0.05) is 31.8 Å². The van der Waals surface area contributed by atoms with Gasteiger partial charge in [-0.25, -0.2) is 0 Å². The quantitative estimate of drug-likeness (QED) is 0.527. The highest BCUT2D eigenvalue weighted by Gasteiger charge is 2.12. The predicted molar refractivity (Wildman–Crippen MR) is 120 cm³/mol. The van der Waals surface area contributed by atoms with E-state index in [1.54, 1.807) is 13.2 Å². The van der Waals surface area contributed by atoms with Gasteiger partial charge in [0.2, 0.25) is 5.91 Å². The Balaban J connectivity index is 1.83. The van der Waals surface area contributed by atoms with Crippen LogP contribution in [0.25, 0.3) is 21.0 Å². The second kappa shape index (κ2) is 8.61. The average Bonchev–Trinajstić information content (AvgIpc) is 3.07. The van der Waals surface area contributed by atoms with E-state index in [0.717, 1.165) is 21.0 Å². The van der Waals surface area contributed by atoms with E-state index in [9.17, 15) is 9.59 Å². The lowest BCUT2D eigenvalue weighted by Gasteiger charge is -2.06. The zero-order chi connectivity index (χ0) is 21.1. The van der Waals surface area contributed by atoms with E-state index < -0.39 is 0 Å². The first-order chi connectivity index (χ1) is 14.6. The molecule has 2 amide bonds. The summed E-state index contributed by atoms with van der Waals surface area (Å²) in [7, 11) is 1.64. The van der Waals surface area contributed by atoms with Gasteiger partial charge in [-0.15, -0.1) is 0 Å². The van der Waals surface area contributed by atoms with Gasteiger partial charge in [0.1, 0.15) is 0 Å². The summed E-state index contributed by atoms with van der Waals surface area (Å²) in [5.41, 5.74) is 2.22. The monoisotopic (exact) mass is 419 g/mol. The zero-order valence-electron chi connectivity index (χ0n) is 16.7. The van der Waals surface area contributed by atoms with Gasteiger partial charge in [0.05, 0.1) is 16.8 Å². The van der Waals surface area contributed by atoms with Crippen LogP contribution in [0.3, 0.4) is 0 Å². The molecule has 1 heterocycles. The van der Waals surface area contributed by atoms with Crippen molar-refractivity contribution in [1.82, 2.24) is 4.57 Å². The minimum Gasteiger partial charge on any atom is -0.383 e. The van der Waals surface area contributed by atoms with Gasteiger partial charge in [-0.1, -0.05) is 47.7 Å². The Hall–Kier alpha value is -3.29. The van der Waals surface area contributed by atoms with Crippen molar-refractivity contribution in [3.63, 3.8) is 0 Å². The molecule has 0 aliphatic heterocycles. The van der Waals surface area contributed by atoms with Crippen LogP contribution in [0.5, 0.6) is 0 Å². The number of fused-ring (bicyclic) bond motifs is 2. The number of amides is 2. The molecule has 0 aliphatic carbocycles. The number of carbonyl (C=O) groups excluding carboxylic acids is 2. The van der Waals surface area contributed by atoms with Crippen molar-refractivity contribution in [3.05, 3.63) is 71.0 Å². The van der Waals surface area contributed by atoms with Crippen LogP contribution in [-0.2, 0) is 16.1 Å². The second-order valence-electron chi connectivity index (χ2n) is 6.84. The maximum Gasteiger partial charge on any atom is 0.280 e. The summed E-state index contributed by atoms with van der Waals surface area (Å²) < 4.78 is 8.15. The van der Waals surface area contributed by atoms with Crippen LogP contribution in [0.4, 0.5) is 5.69 Å². The fourth-order valence-corrected chi connectivity index (χ4v) is 4.49. The van der Waals surface area contributed by atoms with E-state index in [1.165, 1.54) is 18.3 Å². The van der Waals surface area contributed by atoms with Gasteiger partial charge in [-0.3, -0.25) is 9.59 Å². The number of hydrogen-bond donors (Lipinski definition) is 1. The van der Waals surface area contributed by atoms with Crippen LogP contribution in [-0.4, -0.2) is 30.1 Å². The Morgan fingerprint density at radius 1 is 1.10 bits per heavy atom. The van der Waals surface area contributed by atoms with Crippen LogP contribution in [0.15, 0.2) is 65.7 Å². The van der Waals surface area contributed by atoms with Crippen molar-refractivity contribution in [1.29, 1.82) is 0 Å². The van der Waals surface area contributed by atoms with Gasteiger partial charge >= 0.3 is 0 Å². The molecule has 4 aromatic rings. The molecule has 0 unspecified atom stereocenters. The largest absolute Gasteiger partial charge is 0.383 e. The number of rotatable bonds is 5. The van der Waals surface area contributed by atoms with Crippen molar-refractivity contribution in [2.45, 2.75) is 13.5 Å². The molecule has 1 aromatic heterocycles. The van der Waals surface area contributed by atoms with Crippen molar-refractivity contribution in [3.8, 4) is 0 Å². The van der Waals surface area contributed by atoms with Crippen LogP contribution >= 0.6 is 11.3 Å². The third-order valence-corrected chi connectivity index (χ3v) is 5.78. The SMILES string of the molecule is COCCn1c(=NC(=O)c2cccc3ccccc23)sc2cc(NC(C)=O)ccc21. The van der Waals surface area contributed by atoms with E-state index in [2.05, 4.69) is 10.3 Å². The van der Waals surface area contributed by atoms with E-state index in [0.29, 0.717) is 29.2 Å². The first kappa shape index (κ1) is 20.0. The molecule has 3 aromatic carbocycles. The third-order valence-electron chi connectivity index (χ3n) is 4.74. The van der Waals surface area contributed by atoms with Crippen LogP contribution < -0.4 is 10.1 Å². The van der Waals surface area contributed by atoms with Gasteiger partial charge in [-0.05, 0) is 35.0 Å². The Kier molecular flexibility index (Phi) is 5.74. The number of methoxy groups -OCH3 is 1. The molecule has 0 spiro atoms. The molecule has 6 nitrogen and oxygen atoms in total. The lowest BCUT2D eigenvalue weighted by atomic mass is 10.0. The van der Waals surface area contributed by atoms with Crippen molar-refractivity contribution in [2.24, 2.45) is 4.99 Å². The topological polar surface area (TPSA) is 72.7 Å². The number of carbonyl (C=O) groups is 2. The summed E-state index contributed by atoms with van der Waals surface area (Å²) in [6.45, 7) is 2.54. The highest BCUT2D eigenvalue weighted by atomic mass is 32.1. The van der Waals surface area contributed by atoms with E-state index in [-0.39, 0.29) is 11.8 Å². The molecule has 4 rings (SSSR count). The number of nitrogens with one attached hydrogen (secondary N) is 1. The molecule has 7 heteroatoms. The number of nitrogens with zero attached hydrogens (tertiary/aromatic N) is 2. The highest BCUT2D eigenvalue weighted by Crippen LogP contribution is 2.23. The maximum absolute atomic E-state index is 13.1. The number of thiazole rings is 1. The third kappa shape index (κ3) is 4.03. The summed E-state index contributed by atoms with van der Waals surface area (Å²) in [5, 5.41) is 4.67. The highest BCUT2D eigenvalue weighted by molar-refractivity contribution is 7.16. The van der Waals surface area contributed by atoms with Gasteiger partial charge in [-0.2, -0.15) is 4.99 Å². The molecule has 0 aliphatic rings. The first-order valence-electron chi connectivity index (χ1n) is 9.53. The van der Waals surface area contributed by atoms with Crippen molar-refractivity contribution >= 4 is 49.8 Å². The maximum atomic E-state index is 13.1. The Bertz CT molecular complexity index is 1320. The first-order valence-corrected chi connectivity index (χ1v) is 10.3. The van der Waals surface area contributed by atoms with Crippen LogP contribution in [0.2, 0.25) is 0 Å². The van der Waals surface area contributed by atoms with E-state index >= 15 is 0 Å². The molecular weight excluding hydrogens is 398 g/mol. The Morgan fingerprint density at radius 2 is 1.90 bits per heavy atom. The summed E-state index contributed by atoms with van der Waals surface area (Å²) >= 11 is 1.41. The normalized spacial score (nSPS) is 11.9. The number of aromatic nitrogens is 1. The lowest BCUT2D eigenvalue weighted by molar-refractivity contribution is -0.114. The molecule has 0 fully saturated rings. The fraction of sp³-hybridized carbons (Fsp3) is 0.174. The van der Waals surface area contributed by atoms with Crippen LogP contribution in [0, 0.1) is 0 Å². The smallest absolute Gasteiger partial charge is 0.280 e. The Morgan fingerprint density at radius 3 is 2.70 bits per heavy atom. The van der Waals surface area contributed by atoms with Crippen molar-refractivity contribution < 1.29 is 14.3 Å². The summed E-state index contributed by atoms with van der Waals surface area (Å²) in [4.78, 5) is 29.5. The lowest BCUT2D eigenvalue weighted by Crippen LogP contribution is -2.19. The van der Waals surface area contributed by atoms with Crippen molar-refractivity contribution in [2.75, 3.05) is 19.0 Å².